The highest BCUT2D eigenvalue weighted by molar-refractivity contribution is 7.85. The van der Waals surface area contributed by atoms with Crippen LogP contribution in [0.4, 0.5) is 0 Å². The Morgan fingerprint density at radius 2 is 1.93 bits per heavy atom. The van der Waals surface area contributed by atoms with Crippen LogP contribution in [0.1, 0.15) is 44.9 Å². The molecule has 1 N–H and O–H groups in total. The lowest BCUT2D eigenvalue weighted by molar-refractivity contribution is 0.127. The number of nitrogens with zero attached hydrogens (tertiary/aromatic N) is 2. The summed E-state index contributed by atoms with van der Waals surface area (Å²) in [4.78, 5) is 4.32. The summed E-state index contributed by atoms with van der Waals surface area (Å²) >= 11 is 0. The molecular weight excluding hydrogens is 376 g/mol. The van der Waals surface area contributed by atoms with E-state index < -0.39 is 15.7 Å². The first-order valence-corrected chi connectivity index (χ1v) is 10.6. The van der Waals surface area contributed by atoms with E-state index in [1.807, 2.05) is 63.6 Å². The Morgan fingerprint density at radius 1 is 1.21 bits per heavy atom. The maximum atomic E-state index is 12.0. The van der Waals surface area contributed by atoms with E-state index in [0.29, 0.717) is 17.7 Å². The molecule has 0 saturated heterocycles. The van der Waals surface area contributed by atoms with E-state index in [0.717, 1.165) is 16.6 Å². The predicted octanol–water partition coefficient (Wildman–Crippen LogP) is 4.57. The van der Waals surface area contributed by atoms with Crippen molar-refractivity contribution >= 4 is 21.2 Å². The molecule has 3 aromatic rings. The monoisotopic (exact) mass is 402 g/mol. The molecule has 7 heteroatoms. The second-order valence-electron chi connectivity index (χ2n) is 8.07. The highest BCUT2D eigenvalue weighted by Gasteiger charge is 2.26. The van der Waals surface area contributed by atoms with Crippen LogP contribution in [0.3, 0.4) is 0 Å². The van der Waals surface area contributed by atoms with Gasteiger partial charge in [-0.3, -0.25) is 4.55 Å². The van der Waals surface area contributed by atoms with E-state index in [9.17, 15) is 13.0 Å². The normalized spacial score (nSPS) is 13.6. The molecule has 1 aromatic carbocycles. The van der Waals surface area contributed by atoms with Crippen molar-refractivity contribution in [3.05, 3.63) is 53.9 Å². The van der Waals surface area contributed by atoms with Gasteiger partial charge in [0.05, 0.1) is 0 Å². The molecule has 0 radical (unpaired) electrons. The topological polar surface area (TPSA) is 81.4 Å². The van der Waals surface area contributed by atoms with Gasteiger partial charge in [0.1, 0.15) is 21.9 Å². The van der Waals surface area contributed by atoms with Crippen LogP contribution < -0.4 is 4.74 Å². The largest absolute Gasteiger partial charge is 0.488 e. The summed E-state index contributed by atoms with van der Waals surface area (Å²) in [6.07, 6.45) is 4.04. The van der Waals surface area contributed by atoms with Gasteiger partial charge in [-0.05, 0) is 70.9 Å². The molecule has 1 atom stereocenters. The number of pyridine rings is 1. The first kappa shape index (κ1) is 20.4. The van der Waals surface area contributed by atoms with Crippen LogP contribution in [0, 0.1) is 6.92 Å². The minimum absolute atomic E-state index is 0.1000. The predicted molar refractivity (Wildman–Crippen MR) is 110 cm³/mol. The first-order chi connectivity index (χ1) is 13.0. The third-order valence-electron chi connectivity index (χ3n) is 4.55. The smallest absolute Gasteiger partial charge is 0.294 e. The van der Waals surface area contributed by atoms with E-state index in [1.165, 1.54) is 6.07 Å². The van der Waals surface area contributed by atoms with Crippen molar-refractivity contribution < 1.29 is 17.7 Å². The average molecular weight is 403 g/mol. The fraction of sp³-hybridized carbons (Fsp3) is 0.381. The average Bonchev–Trinajstić information content (AvgIpc) is 3.00. The molecule has 0 aliphatic carbocycles. The second-order valence-corrected chi connectivity index (χ2v) is 9.46. The van der Waals surface area contributed by atoms with Crippen molar-refractivity contribution in [1.82, 2.24) is 9.55 Å². The van der Waals surface area contributed by atoms with Crippen LogP contribution in [0.25, 0.3) is 11.0 Å². The van der Waals surface area contributed by atoms with Gasteiger partial charge in [-0.25, -0.2) is 4.98 Å². The van der Waals surface area contributed by atoms with Gasteiger partial charge in [-0.1, -0.05) is 6.07 Å². The number of ether oxygens (including phenoxy) is 1. The summed E-state index contributed by atoms with van der Waals surface area (Å²) < 4.78 is 42.0. The van der Waals surface area contributed by atoms with Crippen molar-refractivity contribution in [3.63, 3.8) is 0 Å². The lowest BCUT2D eigenvalue weighted by Crippen LogP contribution is -2.25. The van der Waals surface area contributed by atoms with Gasteiger partial charge >= 0.3 is 0 Å². The highest BCUT2D eigenvalue weighted by atomic mass is 32.2. The summed E-state index contributed by atoms with van der Waals surface area (Å²) in [5.74, 6) is 0.499. The Labute approximate surface area is 165 Å². The van der Waals surface area contributed by atoms with Gasteiger partial charge in [-0.15, -0.1) is 0 Å². The van der Waals surface area contributed by atoms with Crippen molar-refractivity contribution in [2.75, 3.05) is 0 Å². The highest BCUT2D eigenvalue weighted by Crippen LogP contribution is 2.35. The molecule has 0 amide bonds. The SMILES string of the molecule is Cc1ccc(S(=O)(=O)O)c(CC(C)n2ccc3cccnc32)c1OC(C)(C)C. The van der Waals surface area contributed by atoms with Crippen molar-refractivity contribution in [2.24, 2.45) is 0 Å². The zero-order valence-corrected chi connectivity index (χ0v) is 17.6. The molecule has 0 spiro atoms. The van der Waals surface area contributed by atoms with Crippen molar-refractivity contribution in [2.45, 2.75) is 57.6 Å². The number of hydrogen-bond donors (Lipinski definition) is 1. The molecule has 150 valence electrons. The molecule has 0 aliphatic rings. The Hall–Kier alpha value is -2.38. The molecule has 28 heavy (non-hydrogen) atoms. The minimum Gasteiger partial charge on any atom is -0.488 e. The van der Waals surface area contributed by atoms with E-state index in [1.54, 1.807) is 12.3 Å². The number of fused-ring (bicyclic) bond motifs is 1. The third kappa shape index (κ3) is 4.20. The fourth-order valence-electron chi connectivity index (χ4n) is 3.35. The fourth-order valence-corrected chi connectivity index (χ4v) is 4.07. The molecule has 1 unspecified atom stereocenters. The van der Waals surface area contributed by atoms with Crippen LogP contribution >= 0.6 is 0 Å². The van der Waals surface area contributed by atoms with Gasteiger partial charge in [0.25, 0.3) is 10.1 Å². The van der Waals surface area contributed by atoms with Gasteiger partial charge in [-0.2, -0.15) is 8.42 Å². The number of aryl methyl sites for hydroxylation is 1. The van der Waals surface area contributed by atoms with E-state index in [-0.39, 0.29) is 10.9 Å². The van der Waals surface area contributed by atoms with E-state index >= 15 is 0 Å². The van der Waals surface area contributed by atoms with E-state index in [4.69, 9.17) is 4.74 Å². The Kier molecular flexibility index (Phi) is 5.25. The summed E-state index contributed by atoms with van der Waals surface area (Å²) in [7, 11) is -4.39. The molecule has 0 saturated carbocycles. The minimum atomic E-state index is -4.39. The first-order valence-electron chi connectivity index (χ1n) is 9.18. The van der Waals surface area contributed by atoms with Crippen LogP contribution in [0.5, 0.6) is 5.75 Å². The maximum absolute atomic E-state index is 12.0. The standard InChI is InChI=1S/C21H26N2O4S/c1-14-8-9-18(28(24,25)26)17(19(14)27-21(3,4)5)13-15(2)23-12-10-16-7-6-11-22-20(16)23/h6-12,15H,13H2,1-5H3,(H,24,25,26). The third-order valence-corrected chi connectivity index (χ3v) is 5.49. The summed E-state index contributed by atoms with van der Waals surface area (Å²) in [5, 5.41) is 1.01. The lowest BCUT2D eigenvalue weighted by Gasteiger charge is -2.27. The molecule has 2 aromatic heterocycles. The molecule has 0 fully saturated rings. The van der Waals surface area contributed by atoms with Crippen LogP contribution in [-0.4, -0.2) is 28.1 Å². The molecule has 2 heterocycles. The van der Waals surface area contributed by atoms with Gasteiger partial charge in [0.2, 0.25) is 0 Å². The molecule has 0 bridgehead atoms. The van der Waals surface area contributed by atoms with E-state index in [2.05, 4.69) is 4.98 Å². The quantitative estimate of drug-likeness (QED) is 0.632. The van der Waals surface area contributed by atoms with Crippen LogP contribution in [0.15, 0.2) is 47.6 Å². The Balaban J connectivity index is 2.12. The van der Waals surface area contributed by atoms with Crippen molar-refractivity contribution in [1.29, 1.82) is 0 Å². The Morgan fingerprint density at radius 3 is 2.57 bits per heavy atom. The van der Waals surface area contributed by atoms with Gasteiger partial charge in [0, 0.05) is 29.4 Å². The van der Waals surface area contributed by atoms with Crippen LogP contribution in [-0.2, 0) is 16.5 Å². The number of hydrogen-bond acceptors (Lipinski definition) is 4. The lowest BCUT2D eigenvalue weighted by atomic mass is 10.0. The molecule has 6 nitrogen and oxygen atoms in total. The number of benzene rings is 1. The maximum Gasteiger partial charge on any atom is 0.294 e. The number of rotatable bonds is 5. The van der Waals surface area contributed by atoms with Crippen LogP contribution in [0.2, 0.25) is 0 Å². The summed E-state index contributed by atoms with van der Waals surface area (Å²) in [6, 6.07) is 8.83. The molecule has 0 aliphatic heterocycles. The molecule has 3 rings (SSSR count). The molecular formula is C21H26N2O4S. The second kappa shape index (κ2) is 7.22. The zero-order chi connectivity index (χ0) is 20.7. The van der Waals surface area contributed by atoms with Crippen molar-refractivity contribution in [3.8, 4) is 5.75 Å². The van der Waals surface area contributed by atoms with Gasteiger partial charge < -0.3 is 9.30 Å². The Bertz CT molecular complexity index is 1110. The number of aromatic nitrogens is 2. The zero-order valence-electron chi connectivity index (χ0n) is 16.8. The van der Waals surface area contributed by atoms with Gasteiger partial charge in [0.15, 0.2) is 0 Å². The summed E-state index contributed by atoms with van der Waals surface area (Å²) in [6.45, 7) is 9.58. The summed E-state index contributed by atoms with van der Waals surface area (Å²) in [5.41, 5.74) is 1.61.